The van der Waals surface area contributed by atoms with Crippen molar-refractivity contribution < 1.29 is 9.21 Å². The highest BCUT2D eigenvalue weighted by molar-refractivity contribution is 5.74. The molecule has 0 bridgehead atoms. The summed E-state index contributed by atoms with van der Waals surface area (Å²) in [5.74, 6) is 2.04. The fourth-order valence-electron chi connectivity index (χ4n) is 3.01. The average Bonchev–Trinajstić information content (AvgIpc) is 2.87. The molecule has 1 atom stereocenters. The molecule has 1 fully saturated rings. The first-order chi connectivity index (χ1) is 11.6. The molecule has 0 aliphatic heterocycles. The summed E-state index contributed by atoms with van der Waals surface area (Å²) in [5, 5.41) is 5.95. The number of oxazole rings is 1. The molecule has 1 aliphatic carbocycles. The Hall–Kier alpha value is -2.30. The standard InChI is InChI=1S/C19H25N3O2/c1-13-14(2)24-18(21-13)12-20-19(23)22-17(11-15-7-6-8-15)16-9-4-3-5-10-16/h3-5,9-10,15,17H,6-8,11-12H2,1-2H3,(H2,20,22,23)/t17-/m1/s1. The molecule has 3 rings (SSSR count). The van der Waals surface area contributed by atoms with Gasteiger partial charge in [0, 0.05) is 0 Å². The summed E-state index contributed by atoms with van der Waals surface area (Å²) < 4.78 is 5.49. The predicted octanol–water partition coefficient (Wildman–Crippen LogP) is 4.02. The van der Waals surface area contributed by atoms with Gasteiger partial charge in [-0.3, -0.25) is 0 Å². The molecule has 24 heavy (non-hydrogen) atoms. The summed E-state index contributed by atoms with van der Waals surface area (Å²) in [5.41, 5.74) is 2.02. The van der Waals surface area contributed by atoms with Crippen LogP contribution in [-0.2, 0) is 6.54 Å². The fourth-order valence-corrected chi connectivity index (χ4v) is 3.01. The molecular formula is C19H25N3O2. The van der Waals surface area contributed by atoms with Crippen molar-refractivity contribution in [1.29, 1.82) is 0 Å². The molecule has 5 nitrogen and oxygen atoms in total. The Morgan fingerprint density at radius 2 is 2.04 bits per heavy atom. The molecule has 0 spiro atoms. The molecule has 1 heterocycles. The van der Waals surface area contributed by atoms with E-state index in [1.54, 1.807) is 0 Å². The number of carbonyl (C=O) groups is 1. The van der Waals surface area contributed by atoms with Gasteiger partial charge in [0.1, 0.15) is 5.76 Å². The Balaban J connectivity index is 1.57. The van der Waals surface area contributed by atoms with Crippen molar-refractivity contribution in [3.8, 4) is 0 Å². The lowest BCUT2D eigenvalue weighted by atomic mass is 9.79. The second-order valence-corrected chi connectivity index (χ2v) is 6.57. The van der Waals surface area contributed by atoms with Crippen LogP contribution in [0.5, 0.6) is 0 Å². The van der Waals surface area contributed by atoms with E-state index < -0.39 is 0 Å². The molecule has 5 heteroatoms. The van der Waals surface area contributed by atoms with Crippen LogP contribution in [0.15, 0.2) is 34.7 Å². The number of nitrogens with one attached hydrogen (secondary N) is 2. The minimum absolute atomic E-state index is 0.0459. The van der Waals surface area contributed by atoms with Crippen LogP contribution in [0.25, 0.3) is 0 Å². The van der Waals surface area contributed by atoms with Gasteiger partial charge in [-0.25, -0.2) is 9.78 Å². The Kier molecular flexibility index (Phi) is 5.18. The zero-order valence-electron chi connectivity index (χ0n) is 14.3. The second kappa shape index (κ2) is 7.51. The predicted molar refractivity (Wildman–Crippen MR) is 92.5 cm³/mol. The highest BCUT2D eigenvalue weighted by Gasteiger charge is 2.24. The maximum absolute atomic E-state index is 12.3. The van der Waals surface area contributed by atoms with E-state index in [1.807, 2.05) is 32.0 Å². The average molecular weight is 327 g/mol. The Morgan fingerprint density at radius 3 is 2.62 bits per heavy atom. The second-order valence-electron chi connectivity index (χ2n) is 6.57. The quantitative estimate of drug-likeness (QED) is 0.842. The zero-order chi connectivity index (χ0) is 16.9. The monoisotopic (exact) mass is 327 g/mol. The van der Waals surface area contributed by atoms with E-state index in [1.165, 1.54) is 19.3 Å². The van der Waals surface area contributed by atoms with Crippen molar-refractivity contribution in [3.63, 3.8) is 0 Å². The van der Waals surface area contributed by atoms with E-state index in [9.17, 15) is 4.79 Å². The van der Waals surface area contributed by atoms with Crippen molar-refractivity contribution in [2.75, 3.05) is 0 Å². The van der Waals surface area contributed by atoms with Crippen LogP contribution in [0.4, 0.5) is 4.79 Å². The van der Waals surface area contributed by atoms with E-state index in [0.717, 1.165) is 23.4 Å². The number of carbonyl (C=O) groups excluding carboxylic acids is 1. The van der Waals surface area contributed by atoms with Crippen molar-refractivity contribution in [1.82, 2.24) is 15.6 Å². The summed E-state index contributed by atoms with van der Waals surface area (Å²) >= 11 is 0. The molecule has 1 aliphatic rings. The lowest BCUT2D eigenvalue weighted by molar-refractivity contribution is 0.224. The third-order valence-corrected chi connectivity index (χ3v) is 4.77. The Labute approximate surface area is 142 Å². The number of aromatic nitrogens is 1. The van der Waals surface area contributed by atoms with Gasteiger partial charge in [0.15, 0.2) is 0 Å². The lowest BCUT2D eigenvalue weighted by Crippen LogP contribution is -2.38. The molecule has 2 aromatic rings. The largest absolute Gasteiger partial charge is 0.444 e. The van der Waals surface area contributed by atoms with Gasteiger partial charge in [-0.2, -0.15) is 0 Å². The molecule has 1 saturated carbocycles. The maximum atomic E-state index is 12.3. The first-order valence-electron chi connectivity index (χ1n) is 8.64. The number of hydrogen-bond acceptors (Lipinski definition) is 3. The van der Waals surface area contributed by atoms with Gasteiger partial charge in [-0.05, 0) is 31.7 Å². The normalized spacial score (nSPS) is 15.6. The molecule has 128 valence electrons. The summed E-state index contributed by atoms with van der Waals surface area (Å²) in [4.78, 5) is 16.6. The number of hydrogen-bond donors (Lipinski definition) is 2. The van der Waals surface area contributed by atoms with Gasteiger partial charge in [-0.1, -0.05) is 49.6 Å². The van der Waals surface area contributed by atoms with Crippen LogP contribution in [-0.4, -0.2) is 11.0 Å². The summed E-state index contributed by atoms with van der Waals surface area (Å²) in [6.45, 7) is 4.06. The first-order valence-corrected chi connectivity index (χ1v) is 8.64. The van der Waals surface area contributed by atoms with Crippen molar-refractivity contribution in [2.24, 2.45) is 5.92 Å². The number of aryl methyl sites for hydroxylation is 2. The highest BCUT2D eigenvalue weighted by Crippen LogP contribution is 2.34. The van der Waals surface area contributed by atoms with E-state index in [0.29, 0.717) is 18.4 Å². The van der Waals surface area contributed by atoms with E-state index >= 15 is 0 Å². The van der Waals surface area contributed by atoms with Crippen LogP contribution in [0.3, 0.4) is 0 Å². The van der Waals surface area contributed by atoms with Gasteiger partial charge in [0.2, 0.25) is 5.89 Å². The Bertz CT molecular complexity index is 658. The topological polar surface area (TPSA) is 67.2 Å². The molecule has 0 saturated heterocycles. The van der Waals surface area contributed by atoms with Gasteiger partial charge < -0.3 is 15.1 Å². The van der Waals surface area contributed by atoms with Crippen LogP contribution < -0.4 is 10.6 Å². The van der Waals surface area contributed by atoms with Gasteiger partial charge in [-0.15, -0.1) is 0 Å². The molecular weight excluding hydrogens is 302 g/mol. The number of urea groups is 1. The van der Waals surface area contributed by atoms with Crippen LogP contribution in [0, 0.1) is 19.8 Å². The van der Waals surface area contributed by atoms with E-state index in [4.69, 9.17) is 4.42 Å². The number of nitrogens with zero attached hydrogens (tertiary/aromatic N) is 1. The minimum Gasteiger partial charge on any atom is -0.444 e. The summed E-state index contributed by atoms with van der Waals surface area (Å²) in [7, 11) is 0. The fraction of sp³-hybridized carbons (Fsp3) is 0.474. The molecule has 1 aromatic heterocycles. The maximum Gasteiger partial charge on any atom is 0.315 e. The molecule has 2 N–H and O–H groups in total. The van der Waals surface area contributed by atoms with E-state index in [-0.39, 0.29) is 12.1 Å². The highest BCUT2D eigenvalue weighted by atomic mass is 16.4. The summed E-state index contributed by atoms with van der Waals surface area (Å²) in [6.07, 6.45) is 4.83. The van der Waals surface area contributed by atoms with Crippen LogP contribution in [0.2, 0.25) is 0 Å². The van der Waals surface area contributed by atoms with Gasteiger partial charge in [0.25, 0.3) is 0 Å². The van der Waals surface area contributed by atoms with Crippen molar-refractivity contribution >= 4 is 6.03 Å². The smallest absolute Gasteiger partial charge is 0.315 e. The lowest BCUT2D eigenvalue weighted by Gasteiger charge is -2.30. The zero-order valence-corrected chi connectivity index (χ0v) is 14.3. The molecule has 1 aromatic carbocycles. The number of benzene rings is 1. The van der Waals surface area contributed by atoms with Crippen LogP contribution >= 0.6 is 0 Å². The summed E-state index contributed by atoms with van der Waals surface area (Å²) in [6, 6.07) is 10.0. The van der Waals surface area contributed by atoms with Crippen molar-refractivity contribution in [2.45, 2.75) is 52.1 Å². The SMILES string of the molecule is Cc1nc(CNC(=O)N[C@H](CC2CCC2)c2ccccc2)oc1C. The minimum atomic E-state index is -0.184. The van der Waals surface area contributed by atoms with Gasteiger partial charge in [0.05, 0.1) is 18.3 Å². The number of rotatable bonds is 6. The van der Waals surface area contributed by atoms with Crippen LogP contribution in [0.1, 0.15) is 54.6 Å². The third-order valence-electron chi connectivity index (χ3n) is 4.77. The molecule has 2 amide bonds. The Morgan fingerprint density at radius 1 is 1.29 bits per heavy atom. The van der Waals surface area contributed by atoms with Gasteiger partial charge >= 0.3 is 6.03 Å². The van der Waals surface area contributed by atoms with Crippen molar-refractivity contribution in [3.05, 3.63) is 53.2 Å². The molecule has 0 unspecified atom stereocenters. The third kappa shape index (κ3) is 4.16. The van der Waals surface area contributed by atoms with E-state index in [2.05, 4.69) is 27.8 Å². The first kappa shape index (κ1) is 16.6. The molecule has 0 radical (unpaired) electrons. The number of amides is 2.